The first-order valence-corrected chi connectivity index (χ1v) is 11.4. The molecule has 2 heterocycles. The lowest BCUT2D eigenvalue weighted by Crippen LogP contribution is -2.53. The summed E-state index contributed by atoms with van der Waals surface area (Å²) in [6, 6.07) is 9.16. The standard InChI is InChI=1S/C24H37N3O4/c1-24(2,3)31-23(29)25-21(17-19-7-5-4-6-8-19)22(28)27-11-9-20(10-12-27)18-26-13-15-30-16-14-26/h4-8,20-21H,9-18H2,1-3H3,(H,25,29). The van der Waals surface area contributed by atoms with Crippen LogP contribution in [0.25, 0.3) is 0 Å². The van der Waals surface area contributed by atoms with Gasteiger partial charge in [-0.1, -0.05) is 30.3 Å². The number of ether oxygens (including phenoxy) is 2. The molecule has 172 valence electrons. The zero-order chi connectivity index (χ0) is 22.3. The van der Waals surface area contributed by atoms with Gasteiger partial charge in [-0.15, -0.1) is 0 Å². The highest BCUT2D eigenvalue weighted by molar-refractivity contribution is 5.86. The van der Waals surface area contributed by atoms with Gasteiger partial charge in [-0.25, -0.2) is 4.79 Å². The van der Waals surface area contributed by atoms with E-state index in [1.54, 1.807) is 0 Å². The summed E-state index contributed by atoms with van der Waals surface area (Å²) in [6.45, 7) is 11.6. The zero-order valence-corrected chi connectivity index (χ0v) is 19.1. The molecule has 1 atom stereocenters. The minimum absolute atomic E-state index is 0.0282. The van der Waals surface area contributed by atoms with Crippen LogP contribution in [0.5, 0.6) is 0 Å². The van der Waals surface area contributed by atoms with Crippen LogP contribution in [0, 0.1) is 5.92 Å². The van der Waals surface area contributed by atoms with E-state index in [0.29, 0.717) is 12.3 Å². The molecule has 31 heavy (non-hydrogen) atoms. The lowest BCUT2D eigenvalue weighted by molar-refractivity contribution is -0.135. The van der Waals surface area contributed by atoms with Crippen LogP contribution in [-0.2, 0) is 20.7 Å². The first-order chi connectivity index (χ1) is 14.8. The molecule has 0 saturated carbocycles. The topological polar surface area (TPSA) is 71.1 Å². The van der Waals surface area contributed by atoms with E-state index in [-0.39, 0.29) is 5.91 Å². The summed E-state index contributed by atoms with van der Waals surface area (Å²) >= 11 is 0. The fraction of sp³-hybridized carbons (Fsp3) is 0.667. The van der Waals surface area contributed by atoms with Gasteiger partial charge in [0.2, 0.25) is 5.91 Å². The van der Waals surface area contributed by atoms with Crippen LogP contribution in [0.3, 0.4) is 0 Å². The summed E-state index contributed by atoms with van der Waals surface area (Å²) < 4.78 is 10.8. The van der Waals surface area contributed by atoms with Crippen molar-refractivity contribution in [2.24, 2.45) is 5.92 Å². The second-order valence-corrected chi connectivity index (χ2v) is 9.57. The number of hydrogen-bond donors (Lipinski definition) is 1. The van der Waals surface area contributed by atoms with E-state index in [1.807, 2.05) is 56.0 Å². The number of nitrogens with zero attached hydrogens (tertiary/aromatic N) is 2. The Bertz CT molecular complexity index is 705. The van der Waals surface area contributed by atoms with Gasteiger partial charge in [0, 0.05) is 39.1 Å². The summed E-state index contributed by atoms with van der Waals surface area (Å²) in [6.07, 6.45) is 1.89. The highest BCUT2D eigenvalue weighted by Crippen LogP contribution is 2.20. The quantitative estimate of drug-likeness (QED) is 0.750. The maximum absolute atomic E-state index is 13.3. The number of carbonyl (C=O) groups excluding carboxylic acids is 2. The number of morpholine rings is 1. The van der Waals surface area contributed by atoms with Crippen LogP contribution in [0.4, 0.5) is 4.79 Å². The molecule has 2 aliphatic rings. The highest BCUT2D eigenvalue weighted by atomic mass is 16.6. The van der Waals surface area contributed by atoms with Gasteiger partial charge in [-0.2, -0.15) is 0 Å². The van der Waals surface area contributed by atoms with Gasteiger partial charge in [0.15, 0.2) is 0 Å². The number of piperidine rings is 1. The van der Waals surface area contributed by atoms with Gasteiger partial charge in [0.05, 0.1) is 13.2 Å². The molecule has 1 N–H and O–H groups in total. The van der Waals surface area contributed by atoms with Crippen LogP contribution in [-0.4, -0.2) is 79.4 Å². The molecule has 1 aromatic carbocycles. The van der Waals surface area contributed by atoms with Crippen LogP contribution in [0.15, 0.2) is 30.3 Å². The third kappa shape index (κ3) is 7.82. The maximum atomic E-state index is 13.3. The summed E-state index contributed by atoms with van der Waals surface area (Å²) in [5.41, 5.74) is 0.404. The van der Waals surface area contributed by atoms with Crippen molar-refractivity contribution in [2.45, 2.75) is 51.7 Å². The van der Waals surface area contributed by atoms with E-state index in [1.165, 1.54) is 0 Å². The van der Waals surface area contributed by atoms with E-state index in [4.69, 9.17) is 9.47 Å². The van der Waals surface area contributed by atoms with E-state index >= 15 is 0 Å². The van der Waals surface area contributed by atoms with Crippen LogP contribution < -0.4 is 5.32 Å². The average Bonchev–Trinajstić information content (AvgIpc) is 2.73. The largest absolute Gasteiger partial charge is 0.444 e. The van der Waals surface area contributed by atoms with Crippen molar-refractivity contribution in [3.05, 3.63) is 35.9 Å². The second kappa shape index (κ2) is 11.0. The Morgan fingerprint density at radius 3 is 2.35 bits per heavy atom. The van der Waals surface area contributed by atoms with E-state index in [2.05, 4.69) is 10.2 Å². The fourth-order valence-electron chi connectivity index (χ4n) is 4.20. The lowest BCUT2D eigenvalue weighted by Gasteiger charge is -2.37. The van der Waals surface area contributed by atoms with Gasteiger partial charge >= 0.3 is 6.09 Å². The zero-order valence-electron chi connectivity index (χ0n) is 19.1. The van der Waals surface area contributed by atoms with Crippen LogP contribution in [0.1, 0.15) is 39.2 Å². The fourth-order valence-corrected chi connectivity index (χ4v) is 4.20. The normalized spacial score (nSPS) is 19.6. The third-order valence-corrected chi connectivity index (χ3v) is 5.82. The predicted octanol–water partition coefficient (Wildman–Crippen LogP) is 2.69. The Balaban J connectivity index is 1.57. The highest BCUT2D eigenvalue weighted by Gasteiger charge is 2.31. The number of nitrogens with one attached hydrogen (secondary N) is 1. The van der Waals surface area contributed by atoms with Crippen molar-refractivity contribution in [1.29, 1.82) is 0 Å². The number of likely N-dealkylation sites (tertiary alicyclic amines) is 1. The number of amides is 2. The first kappa shape index (κ1) is 23.5. The van der Waals surface area contributed by atoms with E-state index in [9.17, 15) is 9.59 Å². The third-order valence-electron chi connectivity index (χ3n) is 5.82. The molecule has 2 saturated heterocycles. The first-order valence-electron chi connectivity index (χ1n) is 11.4. The molecule has 3 rings (SSSR count). The molecule has 0 spiro atoms. The van der Waals surface area contributed by atoms with Gasteiger partial charge < -0.3 is 19.7 Å². The molecule has 0 bridgehead atoms. The number of alkyl carbamates (subject to hydrolysis) is 1. The van der Waals surface area contributed by atoms with Gasteiger partial charge in [0.25, 0.3) is 0 Å². The molecule has 0 radical (unpaired) electrons. The van der Waals surface area contributed by atoms with Gasteiger partial charge in [-0.05, 0) is 45.1 Å². The summed E-state index contributed by atoms with van der Waals surface area (Å²) in [5.74, 6) is 0.577. The van der Waals surface area contributed by atoms with Gasteiger partial charge in [0.1, 0.15) is 11.6 Å². The summed E-state index contributed by atoms with van der Waals surface area (Å²) in [4.78, 5) is 30.1. The minimum Gasteiger partial charge on any atom is -0.444 e. The number of carbonyl (C=O) groups is 2. The molecule has 2 fully saturated rings. The molecule has 0 aliphatic carbocycles. The lowest BCUT2D eigenvalue weighted by atomic mass is 9.95. The van der Waals surface area contributed by atoms with Crippen molar-refractivity contribution < 1.29 is 19.1 Å². The molecule has 1 unspecified atom stereocenters. The Kier molecular flexibility index (Phi) is 8.32. The smallest absolute Gasteiger partial charge is 0.408 e. The van der Waals surface area contributed by atoms with Crippen molar-refractivity contribution in [1.82, 2.24) is 15.1 Å². The van der Waals surface area contributed by atoms with Crippen LogP contribution in [0.2, 0.25) is 0 Å². The minimum atomic E-state index is -0.631. The Morgan fingerprint density at radius 1 is 1.10 bits per heavy atom. The van der Waals surface area contributed by atoms with Crippen LogP contribution >= 0.6 is 0 Å². The Hall–Kier alpha value is -2.12. The monoisotopic (exact) mass is 431 g/mol. The maximum Gasteiger partial charge on any atom is 0.408 e. The molecular weight excluding hydrogens is 394 g/mol. The molecule has 2 amide bonds. The molecular formula is C24H37N3O4. The number of hydrogen-bond acceptors (Lipinski definition) is 5. The molecule has 1 aromatic rings. The van der Waals surface area contributed by atoms with Crippen molar-refractivity contribution in [3.8, 4) is 0 Å². The number of benzene rings is 1. The Labute approximate surface area is 186 Å². The second-order valence-electron chi connectivity index (χ2n) is 9.57. The van der Waals surface area contributed by atoms with Gasteiger partial charge in [-0.3, -0.25) is 9.69 Å². The summed E-state index contributed by atoms with van der Waals surface area (Å²) in [7, 11) is 0. The van der Waals surface area contributed by atoms with E-state index in [0.717, 1.165) is 64.3 Å². The van der Waals surface area contributed by atoms with Crippen molar-refractivity contribution in [2.75, 3.05) is 45.9 Å². The SMILES string of the molecule is CC(C)(C)OC(=O)NC(Cc1ccccc1)C(=O)N1CCC(CN2CCOCC2)CC1. The summed E-state index contributed by atoms with van der Waals surface area (Å²) in [5, 5.41) is 2.82. The van der Waals surface area contributed by atoms with E-state index < -0.39 is 17.7 Å². The molecule has 7 nitrogen and oxygen atoms in total. The molecule has 0 aromatic heterocycles. The number of rotatable bonds is 6. The van der Waals surface area contributed by atoms with Crippen molar-refractivity contribution in [3.63, 3.8) is 0 Å². The molecule has 7 heteroatoms. The Morgan fingerprint density at radius 2 is 1.74 bits per heavy atom. The molecule has 2 aliphatic heterocycles. The van der Waals surface area contributed by atoms with Crippen molar-refractivity contribution >= 4 is 12.0 Å². The predicted molar refractivity (Wildman–Crippen MR) is 120 cm³/mol. The average molecular weight is 432 g/mol.